The van der Waals surface area contributed by atoms with Gasteiger partial charge >= 0.3 is 0 Å². The second-order valence-electron chi connectivity index (χ2n) is 4.38. The summed E-state index contributed by atoms with van der Waals surface area (Å²) in [6, 6.07) is 10.6. The standard InChI is InChI=1S/C15H14F2N2O2/c16-13-6-1-10(7-14(13)17)8-19-11-2-4-12(5-3-11)21-9-15(18)20/h1-7,19H,8-9H2,(H2,18,20). The molecule has 21 heavy (non-hydrogen) atoms. The summed E-state index contributed by atoms with van der Waals surface area (Å²) in [5, 5.41) is 3.06. The highest BCUT2D eigenvalue weighted by Gasteiger charge is 2.03. The molecule has 0 unspecified atom stereocenters. The molecule has 2 aromatic rings. The maximum atomic E-state index is 13.1. The Bertz CT molecular complexity index is 630. The number of hydrogen-bond donors (Lipinski definition) is 2. The fourth-order valence-corrected chi connectivity index (χ4v) is 1.68. The highest BCUT2D eigenvalue weighted by molar-refractivity contribution is 5.75. The largest absolute Gasteiger partial charge is 0.484 e. The maximum absolute atomic E-state index is 13.1. The van der Waals surface area contributed by atoms with E-state index in [1.807, 2.05) is 0 Å². The Morgan fingerprint density at radius 2 is 1.81 bits per heavy atom. The zero-order valence-corrected chi connectivity index (χ0v) is 11.1. The van der Waals surface area contributed by atoms with Gasteiger partial charge in [-0.25, -0.2) is 8.78 Å². The van der Waals surface area contributed by atoms with Crippen LogP contribution in [0, 0.1) is 11.6 Å². The van der Waals surface area contributed by atoms with Crippen LogP contribution in [0.15, 0.2) is 42.5 Å². The summed E-state index contributed by atoms with van der Waals surface area (Å²) in [5.74, 6) is -1.76. The van der Waals surface area contributed by atoms with E-state index in [4.69, 9.17) is 10.5 Å². The van der Waals surface area contributed by atoms with Crippen LogP contribution in [0.2, 0.25) is 0 Å². The van der Waals surface area contributed by atoms with E-state index in [0.29, 0.717) is 17.9 Å². The van der Waals surface area contributed by atoms with Crippen LogP contribution >= 0.6 is 0 Å². The van der Waals surface area contributed by atoms with E-state index >= 15 is 0 Å². The second kappa shape index (κ2) is 6.69. The molecule has 4 nitrogen and oxygen atoms in total. The minimum absolute atomic E-state index is 0.179. The van der Waals surface area contributed by atoms with Gasteiger partial charge in [-0.1, -0.05) is 6.07 Å². The summed E-state index contributed by atoms with van der Waals surface area (Å²) < 4.78 is 31.0. The summed E-state index contributed by atoms with van der Waals surface area (Å²) in [6.07, 6.45) is 0. The first kappa shape index (κ1) is 14.8. The maximum Gasteiger partial charge on any atom is 0.255 e. The Morgan fingerprint density at radius 3 is 2.43 bits per heavy atom. The third-order valence-electron chi connectivity index (χ3n) is 2.72. The highest BCUT2D eigenvalue weighted by Crippen LogP contribution is 2.17. The van der Waals surface area contributed by atoms with Gasteiger partial charge in [0.05, 0.1) is 0 Å². The molecule has 0 atom stereocenters. The van der Waals surface area contributed by atoms with Gasteiger partial charge < -0.3 is 15.8 Å². The van der Waals surface area contributed by atoms with Gasteiger partial charge in [0, 0.05) is 12.2 Å². The smallest absolute Gasteiger partial charge is 0.255 e. The van der Waals surface area contributed by atoms with E-state index in [1.54, 1.807) is 24.3 Å². The van der Waals surface area contributed by atoms with Crippen molar-refractivity contribution >= 4 is 11.6 Å². The van der Waals surface area contributed by atoms with Gasteiger partial charge in [0.15, 0.2) is 18.2 Å². The van der Waals surface area contributed by atoms with Gasteiger partial charge in [0.25, 0.3) is 5.91 Å². The summed E-state index contributed by atoms with van der Waals surface area (Å²) in [7, 11) is 0. The van der Waals surface area contributed by atoms with Crippen molar-refractivity contribution < 1.29 is 18.3 Å². The van der Waals surface area contributed by atoms with E-state index in [9.17, 15) is 13.6 Å². The fourth-order valence-electron chi connectivity index (χ4n) is 1.68. The minimum atomic E-state index is -0.871. The van der Waals surface area contributed by atoms with Crippen molar-refractivity contribution in [2.45, 2.75) is 6.54 Å². The summed E-state index contributed by atoms with van der Waals surface area (Å²) >= 11 is 0. The van der Waals surface area contributed by atoms with E-state index in [-0.39, 0.29) is 6.61 Å². The molecular weight excluding hydrogens is 278 g/mol. The van der Waals surface area contributed by atoms with Crippen LogP contribution in [-0.2, 0) is 11.3 Å². The summed E-state index contributed by atoms with van der Waals surface area (Å²) in [5.41, 5.74) is 6.38. The number of hydrogen-bond acceptors (Lipinski definition) is 3. The normalized spacial score (nSPS) is 10.2. The molecule has 0 heterocycles. The zero-order chi connectivity index (χ0) is 15.2. The number of amides is 1. The molecule has 0 aromatic heterocycles. The molecule has 0 aliphatic carbocycles. The average Bonchev–Trinajstić information content (AvgIpc) is 2.47. The minimum Gasteiger partial charge on any atom is -0.484 e. The van der Waals surface area contributed by atoms with Crippen molar-refractivity contribution in [1.29, 1.82) is 0 Å². The molecule has 0 spiro atoms. The lowest BCUT2D eigenvalue weighted by molar-refractivity contribution is -0.119. The number of primary amides is 1. The average molecular weight is 292 g/mol. The van der Waals surface area contributed by atoms with Crippen LogP contribution < -0.4 is 15.8 Å². The third-order valence-corrected chi connectivity index (χ3v) is 2.72. The first-order chi connectivity index (χ1) is 10.0. The molecule has 0 saturated carbocycles. The van der Waals surface area contributed by atoms with Crippen molar-refractivity contribution in [2.75, 3.05) is 11.9 Å². The number of anilines is 1. The number of benzene rings is 2. The number of rotatable bonds is 6. The first-order valence-electron chi connectivity index (χ1n) is 6.23. The van der Waals surface area contributed by atoms with Crippen LogP contribution in [0.5, 0.6) is 5.75 Å². The van der Waals surface area contributed by atoms with Crippen LogP contribution in [0.3, 0.4) is 0 Å². The molecule has 0 aliphatic heterocycles. The Morgan fingerprint density at radius 1 is 1.10 bits per heavy atom. The van der Waals surface area contributed by atoms with Crippen LogP contribution in [0.25, 0.3) is 0 Å². The van der Waals surface area contributed by atoms with Gasteiger partial charge in [0.2, 0.25) is 0 Å². The topological polar surface area (TPSA) is 64.4 Å². The summed E-state index contributed by atoms with van der Waals surface area (Å²) in [4.78, 5) is 10.6. The van der Waals surface area contributed by atoms with E-state index < -0.39 is 17.5 Å². The summed E-state index contributed by atoms with van der Waals surface area (Å²) in [6.45, 7) is 0.181. The molecule has 0 aliphatic rings. The highest BCUT2D eigenvalue weighted by atomic mass is 19.2. The quantitative estimate of drug-likeness (QED) is 0.859. The third kappa shape index (κ3) is 4.45. The lowest BCUT2D eigenvalue weighted by Crippen LogP contribution is -2.19. The molecular formula is C15H14F2N2O2. The lowest BCUT2D eigenvalue weighted by atomic mass is 10.2. The van der Waals surface area contributed by atoms with Gasteiger partial charge in [-0.05, 0) is 42.0 Å². The Balaban J connectivity index is 1.91. The number of ether oxygens (including phenoxy) is 1. The Kier molecular flexibility index (Phi) is 4.71. The van der Waals surface area contributed by atoms with Gasteiger partial charge in [-0.2, -0.15) is 0 Å². The molecule has 110 valence electrons. The number of nitrogens with one attached hydrogen (secondary N) is 1. The van der Waals surface area contributed by atoms with Crippen LogP contribution in [0.4, 0.5) is 14.5 Å². The molecule has 3 N–H and O–H groups in total. The number of nitrogens with two attached hydrogens (primary N) is 1. The van der Waals surface area contributed by atoms with Crippen LogP contribution in [0.1, 0.15) is 5.56 Å². The van der Waals surface area contributed by atoms with Gasteiger partial charge in [0.1, 0.15) is 5.75 Å². The Labute approximate surface area is 120 Å². The van der Waals surface area contributed by atoms with Crippen molar-refractivity contribution in [1.82, 2.24) is 0 Å². The molecule has 0 fully saturated rings. The van der Waals surface area contributed by atoms with Gasteiger partial charge in [-0.15, -0.1) is 0 Å². The van der Waals surface area contributed by atoms with Crippen LogP contribution in [-0.4, -0.2) is 12.5 Å². The molecule has 2 aromatic carbocycles. The van der Waals surface area contributed by atoms with E-state index in [2.05, 4.69) is 5.32 Å². The van der Waals surface area contributed by atoms with E-state index in [1.165, 1.54) is 6.07 Å². The first-order valence-corrected chi connectivity index (χ1v) is 6.23. The molecule has 6 heteroatoms. The SMILES string of the molecule is NC(=O)COc1ccc(NCc2ccc(F)c(F)c2)cc1. The molecule has 0 radical (unpaired) electrons. The second-order valence-corrected chi connectivity index (χ2v) is 4.38. The zero-order valence-electron chi connectivity index (χ0n) is 11.1. The molecule has 0 saturated heterocycles. The predicted octanol–water partition coefficient (Wildman–Crippen LogP) is 2.44. The number of carbonyl (C=O) groups excluding carboxylic acids is 1. The van der Waals surface area contributed by atoms with Crippen molar-refractivity contribution in [2.24, 2.45) is 5.73 Å². The predicted molar refractivity (Wildman–Crippen MR) is 74.8 cm³/mol. The molecule has 0 bridgehead atoms. The van der Waals surface area contributed by atoms with Crippen molar-refractivity contribution in [3.63, 3.8) is 0 Å². The van der Waals surface area contributed by atoms with Crippen molar-refractivity contribution in [3.05, 3.63) is 59.7 Å². The number of carbonyl (C=O) groups is 1. The fraction of sp³-hybridized carbons (Fsp3) is 0.133. The molecule has 1 amide bonds. The Hall–Kier alpha value is -2.63. The van der Waals surface area contributed by atoms with Crippen molar-refractivity contribution in [3.8, 4) is 5.75 Å². The van der Waals surface area contributed by atoms with E-state index in [0.717, 1.165) is 17.8 Å². The number of halogens is 2. The van der Waals surface area contributed by atoms with Gasteiger partial charge in [-0.3, -0.25) is 4.79 Å². The monoisotopic (exact) mass is 292 g/mol. The lowest BCUT2D eigenvalue weighted by Gasteiger charge is -2.08. The molecule has 2 rings (SSSR count).